The summed E-state index contributed by atoms with van der Waals surface area (Å²) in [5.41, 5.74) is 1.82. The monoisotopic (exact) mass is 278 g/mol. The van der Waals surface area contributed by atoms with E-state index >= 15 is 0 Å². The number of hydrogen-bond acceptors (Lipinski definition) is 4. The van der Waals surface area contributed by atoms with Gasteiger partial charge in [0.2, 0.25) is 0 Å². The number of fused-ring (bicyclic) bond motifs is 1. The Morgan fingerprint density at radius 3 is 3.00 bits per heavy atom. The van der Waals surface area contributed by atoms with Gasteiger partial charge in [-0.15, -0.1) is 0 Å². The van der Waals surface area contributed by atoms with Crippen molar-refractivity contribution in [3.63, 3.8) is 0 Å². The third-order valence-electron chi connectivity index (χ3n) is 3.18. The Bertz CT molecular complexity index is 580. The molecule has 1 atom stereocenters. The smallest absolute Gasteiger partial charge is 0.166 e. The van der Waals surface area contributed by atoms with Crippen LogP contribution >= 0.6 is 11.8 Å². The van der Waals surface area contributed by atoms with Crippen LogP contribution in [0.1, 0.15) is 20.3 Å². The molecule has 0 aliphatic heterocycles. The van der Waals surface area contributed by atoms with E-state index in [0.717, 1.165) is 28.4 Å². The number of imidazole rings is 1. The predicted octanol–water partition coefficient (Wildman–Crippen LogP) is 3.28. The van der Waals surface area contributed by atoms with E-state index < -0.39 is 0 Å². The normalized spacial score (nSPS) is 12.6. The maximum Gasteiger partial charge on any atom is 0.166 e. The number of hydrogen-bond donors (Lipinski definition) is 1. The molecule has 0 saturated carbocycles. The second-order valence-electron chi connectivity index (χ2n) is 4.49. The summed E-state index contributed by atoms with van der Waals surface area (Å²) in [5, 5.41) is 0.778. The number of thioether (sulfide) groups is 1. The van der Waals surface area contributed by atoms with Crippen molar-refractivity contribution in [2.75, 3.05) is 12.9 Å². The molecular formula is C14H18N2O2S. The first-order valence-electron chi connectivity index (χ1n) is 6.33. The van der Waals surface area contributed by atoms with Crippen LogP contribution in [0.15, 0.2) is 23.4 Å². The van der Waals surface area contributed by atoms with E-state index in [1.54, 1.807) is 7.11 Å². The van der Waals surface area contributed by atoms with Gasteiger partial charge in [-0.3, -0.25) is 4.79 Å². The molecule has 0 spiro atoms. The summed E-state index contributed by atoms with van der Waals surface area (Å²) >= 11 is 1.45. The van der Waals surface area contributed by atoms with Gasteiger partial charge in [0.15, 0.2) is 5.16 Å². The van der Waals surface area contributed by atoms with E-state index in [9.17, 15) is 4.79 Å². The number of carbonyl (C=O) groups is 1. The van der Waals surface area contributed by atoms with E-state index in [1.165, 1.54) is 11.8 Å². The Morgan fingerprint density at radius 2 is 2.32 bits per heavy atom. The Hall–Kier alpha value is -1.49. The quantitative estimate of drug-likeness (QED) is 0.824. The summed E-state index contributed by atoms with van der Waals surface area (Å²) in [4.78, 5) is 19.4. The number of carbonyl (C=O) groups excluding carboxylic acids is 1. The highest BCUT2D eigenvalue weighted by Gasteiger charge is 2.12. The zero-order valence-electron chi connectivity index (χ0n) is 11.4. The van der Waals surface area contributed by atoms with Gasteiger partial charge in [-0.1, -0.05) is 25.6 Å². The third kappa shape index (κ3) is 3.29. The minimum Gasteiger partial charge on any atom is -0.497 e. The molecule has 0 amide bonds. The summed E-state index contributed by atoms with van der Waals surface area (Å²) in [7, 11) is 1.64. The van der Waals surface area contributed by atoms with Gasteiger partial charge in [0.25, 0.3) is 0 Å². The molecule has 1 heterocycles. The Labute approximate surface area is 116 Å². The number of methoxy groups -OCH3 is 1. The number of ketones is 1. The lowest BCUT2D eigenvalue weighted by atomic mass is 10.1. The van der Waals surface area contributed by atoms with Crippen molar-refractivity contribution in [3.8, 4) is 5.75 Å². The van der Waals surface area contributed by atoms with E-state index in [4.69, 9.17) is 4.74 Å². The largest absolute Gasteiger partial charge is 0.497 e. The van der Waals surface area contributed by atoms with Gasteiger partial charge in [0.1, 0.15) is 11.5 Å². The molecule has 2 aromatic rings. The van der Waals surface area contributed by atoms with E-state index in [2.05, 4.69) is 9.97 Å². The van der Waals surface area contributed by atoms with Crippen molar-refractivity contribution in [2.24, 2.45) is 5.92 Å². The zero-order valence-corrected chi connectivity index (χ0v) is 12.2. The molecule has 1 aromatic carbocycles. The highest BCUT2D eigenvalue weighted by Crippen LogP contribution is 2.23. The lowest BCUT2D eigenvalue weighted by Crippen LogP contribution is -2.12. The van der Waals surface area contributed by atoms with Gasteiger partial charge in [-0.2, -0.15) is 0 Å². The minimum absolute atomic E-state index is 0.122. The predicted molar refractivity (Wildman–Crippen MR) is 77.8 cm³/mol. The number of aromatic amines is 1. The molecule has 2 rings (SSSR count). The van der Waals surface area contributed by atoms with E-state index in [1.807, 2.05) is 32.0 Å². The number of H-pyrrole nitrogens is 1. The second kappa shape index (κ2) is 6.10. The van der Waals surface area contributed by atoms with Gasteiger partial charge in [-0.05, 0) is 18.6 Å². The number of benzene rings is 1. The number of Topliss-reactive ketones (excluding diaryl/α,β-unsaturated/α-hetero) is 1. The molecule has 102 valence electrons. The van der Waals surface area contributed by atoms with Crippen LogP contribution in [0.5, 0.6) is 5.75 Å². The SMILES string of the molecule is CCC(C)C(=O)CSc1nc2ccc(OC)cc2[nH]1. The molecule has 0 radical (unpaired) electrons. The first kappa shape index (κ1) is 13.9. The molecule has 5 heteroatoms. The maximum atomic E-state index is 11.8. The molecule has 0 fully saturated rings. The Morgan fingerprint density at radius 1 is 1.53 bits per heavy atom. The molecule has 1 unspecified atom stereocenters. The van der Waals surface area contributed by atoms with Crippen LogP contribution in [0, 0.1) is 5.92 Å². The minimum atomic E-state index is 0.122. The lowest BCUT2D eigenvalue weighted by Gasteiger charge is -2.04. The van der Waals surface area contributed by atoms with Gasteiger partial charge < -0.3 is 9.72 Å². The van der Waals surface area contributed by atoms with Gasteiger partial charge >= 0.3 is 0 Å². The first-order chi connectivity index (χ1) is 9.13. The number of ether oxygens (including phenoxy) is 1. The van der Waals surface area contributed by atoms with Crippen LogP contribution in [-0.2, 0) is 4.79 Å². The summed E-state index contributed by atoms with van der Waals surface area (Å²) in [6, 6.07) is 5.69. The van der Waals surface area contributed by atoms with Gasteiger partial charge in [0.05, 0.1) is 23.9 Å². The van der Waals surface area contributed by atoms with Crippen molar-refractivity contribution in [1.82, 2.24) is 9.97 Å². The lowest BCUT2D eigenvalue weighted by molar-refractivity contribution is -0.119. The van der Waals surface area contributed by atoms with Crippen LogP contribution < -0.4 is 4.74 Å². The molecular weight excluding hydrogens is 260 g/mol. The molecule has 0 aliphatic carbocycles. The molecule has 4 nitrogen and oxygen atoms in total. The summed E-state index contributed by atoms with van der Waals surface area (Å²) in [6.45, 7) is 3.99. The van der Waals surface area contributed by atoms with Crippen molar-refractivity contribution < 1.29 is 9.53 Å². The van der Waals surface area contributed by atoms with Crippen molar-refractivity contribution in [2.45, 2.75) is 25.4 Å². The molecule has 19 heavy (non-hydrogen) atoms. The van der Waals surface area contributed by atoms with Crippen LogP contribution in [0.4, 0.5) is 0 Å². The topological polar surface area (TPSA) is 55.0 Å². The van der Waals surface area contributed by atoms with Crippen molar-refractivity contribution >= 4 is 28.6 Å². The van der Waals surface area contributed by atoms with Crippen LogP contribution in [-0.4, -0.2) is 28.6 Å². The molecule has 0 aliphatic rings. The van der Waals surface area contributed by atoms with Crippen molar-refractivity contribution in [1.29, 1.82) is 0 Å². The van der Waals surface area contributed by atoms with Gasteiger partial charge in [-0.25, -0.2) is 4.98 Å². The Balaban J connectivity index is 2.07. The van der Waals surface area contributed by atoms with Crippen LogP contribution in [0.2, 0.25) is 0 Å². The summed E-state index contributed by atoms with van der Waals surface area (Å²) in [5.74, 6) is 1.65. The fourth-order valence-corrected chi connectivity index (χ4v) is 2.58. The molecule has 1 N–H and O–H groups in total. The van der Waals surface area contributed by atoms with Crippen LogP contribution in [0.25, 0.3) is 11.0 Å². The molecule has 1 aromatic heterocycles. The van der Waals surface area contributed by atoms with E-state index in [0.29, 0.717) is 5.75 Å². The highest BCUT2D eigenvalue weighted by atomic mass is 32.2. The fraction of sp³-hybridized carbons (Fsp3) is 0.429. The number of rotatable bonds is 6. The van der Waals surface area contributed by atoms with Crippen LogP contribution in [0.3, 0.4) is 0 Å². The van der Waals surface area contributed by atoms with E-state index in [-0.39, 0.29) is 11.7 Å². The maximum absolute atomic E-state index is 11.8. The summed E-state index contributed by atoms with van der Waals surface area (Å²) < 4.78 is 5.17. The summed E-state index contributed by atoms with van der Waals surface area (Å²) in [6.07, 6.45) is 0.886. The fourth-order valence-electron chi connectivity index (χ4n) is 1.67. The molecule has 0 bridgehead atoms. The number of nitrogens with zero attached hydrogens (tertiary/aromatic N) is 1. The standard InChI is InChI=1S/C14H18N2O2S/c1-4-9(2)13(17)8-19-14-15-11-6-5-10(18-3)7-12(11)16-14/h5-7,9H,4,8H2,1-3H3,(H,15,16). The average molecular weight is 278 g/mol. The van der Waals surface area contributed by atoms with Crippen molar-refractivity contribution in [3.05, 3.63) is 18.2 Å². The third-order valence-corrected chi connectivity index (χ3v) is 4.08. The average Bonchev–Trinajstić information content (AvgIpc) is 2.85. The van der Waals surface area contributed by atoms with Gasteiger partial charge in [0, 0.05) is 12.0 Å². The highest BCUT2D eigenvalue weighted by molar-refractivity contribution is 7.99. The zero-order chi connectivity index (χ0) is 13.8. The Kier molecular flexibility index (Phi) is 4.47. The first-order valence-corrected chi connectivity index (χ1v) is 7.32. The number of nitrogens with one attached hydrogen (secondary N) is 1. The number of aromatic nitrogens is 2. The second-order valence-corrected chi connectivity index (χ2v) is 5.45. The molecule has 0 saturated heterocycles.